The molecule has 0 saturated heterocycles. The van der Waals surface area contributed by atoms with Crippen molar-refractivity contribution in [3.8, 4) is 5.75 Å². The first kappa shape index (κ1) is 15.4. The molecule has 0 unspecified atom stereocenters. The molecule has 5 heteroatoms. The summed E-state index contributed by atoms with van der Waals surface area (Å²) in [6.45, 7) is 2.38. The Morgan fingerprint density at radius 2 is 1.90 bits per heavy atom. The quantitative estimate of drug-likeness (QED) is 0.794. The minimum Gasteiger partial charge on any atom is -0.507 e. The number of carbonyl (C=O) groups is 2. The number of rotatable bonds is 4. The number of aliphatic carboxylic acids is 1. The number of benzene rings is 1. The molecule has 1 aliphatic carbocycles. The number of carboxylic acid groups (broad SMARTS) is 1. The fourth-order valence-corrected chi connectivity index (χ4v) is 2.78. The van der Waals surface area contributed by atoms with Crippen molar-refractivity contribution in [3.63, 3.8) is 0 Å². The molecular weight excluding hydrogens is 270 g/mol. The van der Waals surface area contributed by atoms with Crippen molar-refractivity contribution in [3.05, 3.63) is 29.3 Å². The standard InChI is InChI=1S/C16H21NO4/c1-10-2-7-13(14(18)8-10)15(19)17-9-11-3-5-12(6-4-11)16(20)21/h2,7-8,11-12,18H,3-6,9H2,1H3,(H,17,19)(H,20,21). The highest BCUT2D eigenvalue weighted by Gasteiger charge is 2.26. The largest absolute Gasteiger partial charge is 0.507 e. The Balaban J connectivity index is 1.83. The number of nitrogens with one attached hydrogen (secondary N) is 1. The molecule has 1 aliphatic rings. The highest BCUT2D eigenvalue weighted by Crippen LogP contribution is 2.28. The highest BCUT2D eigenvalue weighted by molar-refractivity contribution is 5.96. The number of amides is 1. The molecule has 0 spiro atoms. The molecule has 0 heterocycles. The van der Waals surface area contributed by atoms with Crippen molar-refractivity contribution < 1.29 is 19.8 Å². The van der Waals surface area contributed by atoms with Crippen LogP contribution in [0.1, 0.15) is 41.6 Å². The Hall–Kier alpha value is -2.04. The molecule has 1 aromatic carbocycles. The van der Waals surface area contributed by atoms with Crippen LogP contribution in [0, 0.1) is 18.8 Å². The Kier molecular flexibility index (Phi) is 4.83. The molecule has 0 atom stereocenters. The first-order chi connectivity index (χ1) is 9.97. The van der Waals surface area contributed by atoms with Crippen LogP contribution in [0.15, 0.2) is 18.2 Å². The number of phenolic OH excluding ortho intramolecular Hbond substituents is 1. The second-order valence-corrected chi connectivity index (χ2v) is 5.79. The van der Waals surface area contributed by atoms with Crippen molar-refractivity contribution in [1.82, 2.24) is 5.32 Å². The zero-order valence-corrected chi connectivity index (χ0v) is 12.1. The van der Waals surface area contributed by atoms with Crippen LogP contribution in [0.2, 0.25) is 0 Å². The monoisotopic (exact) mass is 291 g/mol. The van der Waals surface area contributed by atoms with E-state index < -0.39 is 5.97 Å². The van der Waals surface area contributed by atoms with Gasteiger partial charge >= 0.3 is 5.97 Å². The zero-order chi connectivity index (χ0) is 15.4. The number of aryl methyl sites for hydroxylation is 1. The van der Waals surface area contributed by atoms with E-state index in [0.29, 0.717) is 25.3 Å². The van der Waals surface area contributed by atoms with Gasteiger partial charge in [-0.3, -0.25) is 9.59 Å². The van der Waals surface area contributed by atoms with E-state index in [2.05, 4.69) is 5.32 Å². The van der Waals surface area contributed by atoms with Gasteiger partial charge in [-0.15, -0.1) is 0 Å². The maximum atomic E-state index is 12.0. The molecule has 1 saturated carbocycles. The third-order valence-corrected chi connectivity index (χ3v) is 4.15. The van der Waals surface area contributed by atoms with Crippen molar-refractivity contribution in [1.29, 1.82) is 0 Å². The Labute approximate surface area is 124 Å². The average Bonchev–Trinajstić information content (AvgIpc) is 2.45. The molecule has 21 heavy (non-hydrogen) atoms. The Morgan fingerprint density at radius 1 is 1.24 bits per heavy atom. The first-order valence-corrected chi connectivity index (χ1v) is 7.28. The minimum absolute atomic E-state index is 0.0120. The smallest absolute Gasteiger partial charge is 0.306 e. The molecule has 3 N–H and O–H groups in total. The van der Waals surface area contributed by atoms with Crippen molar-refractivity contribution >= 4 is 11.9 Å². The van der Waals surface area contributed by atoms with Crippen LogP contribution in [0.25, 0.3) is 0 Å². The van der Waals surface area contributed by atoms with E-state index in [0.717, 1.165) is 18.4 Å². The normalized spacial score (nSPS) is 21.8. The summed E-state index contributed by atoms with van der Waals surface area (Å²) in [5.41, 5.74) is 1.18. The molecule has 0 radical (unpaired) electrons. The molecule has 1 aromatic rings. The van der Waals surface area contributed by atoms with E-state index in [-0.39, 0.29) is 23.1 Å². The van der Waals surface area contributed by atoms with E-state index in [1.807, 2.05) is 6.92 Å². The number of carboxylic acids is 1. The molecule has 1 amide bonds. The van der Waals surface area contributed by atoms with Gasteiger partial charge in [0.1, 0.15) is 5.75 Å². The van der Waals surface area contributed by atoms with Gasteiger partial charge in [0.15, 0.2) is 0 Å². The van der Waals surface area contributed by atoms with E-state index in [1.54, 1.807) is 18.2 Å². The zero-order valence-electron chi connectivity index (χ0n) is 12.1. The second kappa shape index (κ2) is 6.61. The number of aromatic hydroxyl groups is 1. The molecule has 114 valence electrons. The van der Waals surface area contributed by atoms with Gasteiger partial charge in [0.05, 0.1) is 11.5 Å². The Morgan fingerprint density at radius 3 is 2.48 bits per heavy atom. The van der Waals surface area contributed by atoms with Crippen molar-refractivity contribution in [2.75, 3.05) is 6.54 Å². The van der Waals surface area contributed by atoms with E-state index in [4.69, 9.17) is 5.11 Å². The highest BCUT2D eigenvalue weighted by atomic mass is 16.4. The van der Waals surface area contributed by atoms with Crippen LogP contribution in [-0.4, -0.2) is 28.6 Å². The number of phenols is 1. The van der Waals surface area contributed by atoms with Crippen LogP contribution in [-0.2, 0) is 4.79 Å². The second-order valence-electron chi connectivity index (χ2n) is 5.79. The minimum atomic E-state index is -0.720. The van der Waals surface area contributed by atoms with Crippen LogP contribution < -0.4 is 5.32 Å². The summed E-state index contributed by atoms with van der Waals surface area (Å²) in [5.74, 6) is -0.938. The third kappa shape index (κ3) is 3.97. The van der Waals surface area contributed by atoms with Gasteiger partial charge < -0.3 is 15.5 Å². The van der Waals surface area contributed by atoms with Crippen LogP contribution in [0.5, 0.6) is 5.75 Å². The van der Waals surface area contributed by atoms with Gasteiger partial charge in [0, 0.05) is 6.54 Å². The van der Waals surface area contributed by atoms with Gasteiger partial charge in [-0.2, -0.15) is 0 Å². The number of hydrogen-bond donors (Lipinski definition) is 3. The summed E-state index contributed by atoms with van der Waals surface area (Å²) in [7, 11) is 0. The lowest BCUT2D eigenvalue weighted by molar-refractivity contribution is -0.143. The van der Waals surface area contributed by atoms with E-state index >= 15 is 0 Å². The van der Waals surface area contributed by atoms with Crippen molar-refractivity contribution in [2.24, 2.45) is 11.8 Å². The molecule has 5 nitrogen and oxygen atoms in total. The molecule has 0 aliphatic heterocycles. The maximum absolute atomic E-state index is 12.0. The third-order valence-electron chi connectivity index (χ3n) is 4.15. The summed E-state index contributed by atoms with van der Waals surface area (Å²) in [4.78, 5) is 22.9. The number of carbonyl (C=O) groups excluding carboxylic acids is 1. The summed E-state index contributed by atoms with van der Waals surface area (Å²) in [6, 6.07) is 4.96. The van der Waals surface area contributed by atoms with E-state index in [1.165, 1.54) is 0 Å². The lowest BCUT2D eigenvalue weighted by atomic mass is 9.82. The molecule has 2 rings (SSSR count). The number of hydrogen-bond acceptors (Lipinski definition) is 3. The summed E-state index contributed by atoms with van der Waals surface area (Å²) >= 11 is 0. The predicted molar refractivity (Wildman–Crippen MR) is 78.3 cm³/mol. The molecule has 0 aromatic heterocycles. The molecule has 0 bridgehead atoms. The average molecular weight is 291 g/mol. The van der Waals surface area contributed by atoms with Gasteiger partial charge in [-0.1, -0.05) is 6.07 Å². The Bertz CT molecular complexity index is 533. The topological polar surface area (TPSA) is 86.6 Å². The first-order valence-electron chi connectivity index (χ1n) is 7.28. The van der Waals surface area contributed by atoms with Crippen LogP contribution in [0.3, 0.4) is 0 Å². The lowest BCUT2D eigenvalue weighted by Crippen LogP contribution is -2.32. The molecular formula is C16H21NO4. The summed E-state index contributed by atoms with van der Waals surface area (Å²) in [6.07, 6.45) is 2.98. The predicted octanol–water partition coefficient (Wildman–Crippen LogP) is 2.32. The lowest BCUT2D eigenvalue weighted by Gasteiger charge is -2.26. The fourth-order valence-electron chi connectivity index (χ4n) is 2.78. The molecule has 1 fully saturated rings. The van der Waals surface area contributed by atoms with Crippen molar-refractivity contribution in [2.45, 2.75) is 32.6 Å². The van der Waals surface area contributed by atoms with Gasteiger partial charge in [-0.05, 0) is 56.2 Å². The van der Waals surface area contributed by atoms with Gasteiger partial charge in [0.2, 0.25) is 0 Å². The fraction of sp³-hybridized carbons (Fsp3) is 0.500. The summed E-state index contributed by atoms with van der Waals surface area (Å²) < 4.78 is 0. The maximum Gasteiger partial charge on any atom is 0.306 e. The van der Waals surface area contributed by atoms with Gasteiger partial charge in [-0.25, -0.2) is 0 Å². The summed E-state index contributed by atoms with van der Waals surface area (Å²) in [5, 5.41) is 21.5. The van der Waals surface area contributed by atoms with Gasteiger partial charge in [0.25, 0.3) is 5.91 Å². The van der Waals surface area contributed by atoms with Crippen LogP contribution in [0.4, 0.5) is 0 Å². The van der Waals surface area contributed by atoms with Crippen LogP contribution >= 0.6 is 0 Å². The SMILES string of the molecule is Cc1ccc(C(=O)NCC2CCC(C(=O)O)CC2)c(O)c1. The van der Waals surface area contributed by atoms with E-state index in [9.17, 15) is 14.7 Å².